The molecule has 1 aliphatic heterocycles. The zero-order valence-corrected chi connectivity index (χ0v) is 36.3. The number of ether oxygens (including phenoxy) is 1. The first-order chi connectivity index (χ1) is 28.4. The Morgan fingerprint density at radius 1 is 0.576 bits per heavy atom. The largest absolute Gasteiger partial charge is 1.00 e. The van der Waals surface area contributed by atoms with E-state index in [-0.39, 0.29) is 18.9 Å². The van der Waals surface area contributed by atoms with Crippen molar-refractivity contribution in [1.82, 2.24) is 9.13 Å². The summed E-state index contributed by atoms with van der Waals surface area (Å²) in [5.74, 6) is 0. The maximum absolute atomic E-state index is 9.24. The standard InChI is InChI=1S/C18H14BNO2.C18H12BrN.C4H8O.C4H9.C3H9BO3.Li/c21-19(22)13-9-11-14(12-10-13)20-17-7-3-1-5-15(17)16-6-2-4-8-18(16)20;19-13-9-11-14(12-10-13)20-17-7-3-1-5-15(17)16-6-2-4-8-18(16)20;1-2-4-5-3-1;1-3-4-2;1-5-4(6-2)7-3;/h1-12,21-22H;1-12H;1-4H2;1,3-4H2,2H3;1-3H3;/q;;;-1;;+1. The van der Waals surface area contributed by atoms with Crippen molar-refractivity contribution in [2.24, 2.45) is 0 Å². The van der Waals surface area contributed by atoms with E-state index in [9.17, 15) is 10.0 Å². The molecule has 2 N–H and O–H groups in total. The van der Waals surface area contributed by atoms with Crippen LogP contribution in [-0.2, 0) is 18.7 Å². The van der Waals surface area contributed by atoms with E-state index >= 15 is 0 Å². The molecule has 1 saturated heterocycles. The van der Waals surface area contributed by atoms with Gasteiger partial charge in [0.25, 0.3) is 0 Å². The molecule has 0 radical (unpaired) electrons. The molecule has 9 rings (SSSR count). The number of para-hydroxylation sites is 4. The van der Waals surface area contributed by atoms with Crippen LogP contribution in [0.25, 0.3) is 55.0 Å². The van der Waals surface area contributed by atoms with Crippen molar-refractivity contribution in [2.75, 3.05) is 34.5 Å². The number of hydrogen-bond acceptors (Lipinski definition) is 6. The third-order valence-corrected chi connectivity index (χ3v) is 9.98. The number of fused-ring (bicyclic) bond motifs is 6. The predicted molar refractivity (Wildman–Crippen MR) is 246 cm³/mol. The summed E-state index contributed by atoms with van der Waals surface area (Å²) in [6, 6.07) is 49.5. The molecule has 0 amide bonds. The first kappa shape index (κ1) is 47.6. The molecule has 8 nitrogen and oxygen atoms in total. The van der Waals surface area contributed by atoms with Gasteiger partial charge in [0, 0.05) is 71.9 Å². The second-order valence-electron chi connectivity index (χ2n) is 13.3. The number of benzene rings is 6. The van der Waals surface area contributed by atoms with E-state index in [2.05, 4.69) is 150 Å². The topological polar surface area (TPSA) is 87.2 Å². The van der Waals surface area contributed by atoms with Gasteiger partial charge in [-0.15, -0.1) is 0 Å². The monoisotopic (exact) mass is 848 g/mol. The van der Waals surface area contributed by atoms with E-state index in [0.29, 0.717) is 5.46 Å². The first-order valence-electron chi connectivity index (χ1n) is 19.5. The van der Waals surface area contributed by atoms with Crippen LogP contribution >= 0.6 is 15.9 Å². The van der Waals surface area contributed by atoms with Crippen molar-refractivity contribution in [1.29, 1.82) is 0 Å². The second kappa shape index (κ2) is 24.8. The summed E-state index contributed by atoms with van der Waals surface area (Å²) < 4.78 is 24.4. The third kappa shape index (κ3) is 12.5. The Labute approximate surface area is 369 Å². The Bertz CT molecular complexity index is 2310. The number of halogens is 1. The molecule has 0 spiro atoms. The van der Waals surface area contributed by atoms with Crippen LogP contribution in [0.2, 0.25) is 0 Å². The van der Waals surface area contributed by atoms with Crippen LogP contribution in [0.3, 0.4) is 0 Å². The minimum atomic E-state index is -1.44. The molecule has 12 heteroatoms. The molecule has 59 heavy (non-hydrogen) atoms. The van der Waals surface area contributed by atoms with Crippen molar-refractivity contribution in [3.63, 3.8) is 0 Å². The molecule has 0 atom stereocenters. The van der Waals surface area contributed by atoms with Gasteiger partial charge in [-0.25, -0.2) is 0 Å². The van der Waals surface area contributed by atoms with Gasteiger partial charge < -0.3 is 44.8 Å². The molecule has 300 valence electrons. The molecule has 0 bridgehead atoms. The number of unbranched alkanes of at least 4 members (excludes halogenated alkanes) is 1. The smallest absolute Gasteiger partial charge is 0.423 e. The van der Waals surface area contributed by atoms with Gasteiger partial charge in [0.1, 0.15) is 0 Å². The van der Waals surface area contributed by atoms with E-state index in [0.717, 1.165) is 40.8 Å². The van der Waals surface area contributed by atoms with Crippen LogP contribution in [0, 0.1) is 6.92 Å². The minimum Gasteiger partial charge on any atom is -0.423 e. The summed E-state index contributed by atoms with van der Waals surface area (Å²) in [7, 11) is 2.58. The number of nitrogens with zero attached hydrogens (tertiary/aromatic N) is 2. The maximum atomic E-state index is 9.24. The van der Waals surface area contributed by atoms with Crippen LogP contribution < -0.4 is 24.3 Å². The molecule has 0 saturated carbocycles. The van der Waals surface area contributed by atoms with Gasteiger partial charge >= 0.3 is 33.3 Å². The Morgan fingerprint density at radius 3 is 1.15 bits per heavy atom. The first-order valence-corrected chi connectivity index (χ1v) is 20.3. The normalized spacial score (nSPS) is 11.6. The minimum absolute atomic E-state index is 0. The van der Waals surface area contributed by atoms with Gasteiger partial charge in [0.05, 0.1) is 22.1 Å². The van der Waals surface area contributed by atoms with E-state index in [4.69, 9.17) is 4.74 Å². The Balaban J connectivity index is 0.000000189. The fourth-order valence-electron chi connectivity index (χ4n) is 6.59. The molecule has 1 fully saturated rings. The maximum Gasteiger partial charge on any atom is 1.00 e. The quantitative estimate of drug-likeness (QED) is 0.129. The van der Waals surface area contributed by atoms with Gasteiger partial charge in [-0.2, -0.15) is 6.42 Å². The fraction of sp³-hybridized carbons (Fsp3) is 0.213. The molecule has 2 aromatic heterocycles. The van der Waals surface area contributed by atoms with Gasteiger partial charge in [-0.1, -0.05) is 114 Å². The summed E-state index contributed by atoms with van der Waals surface area (Å²) in [6.07, 6.45) is 4.83. The zero-order chi connectivity index (χ0) is 41.3. The molecule has 8 aromatic rings. The van der Waals surface area contributed by atoms with Crippen molar-refractivity contribution in [3.8, 4) is 11.4 Å². The number of hydrogen-bond donors (Lipinski definition) is 2. The Hall–Kier alpha value is -4.11. The van der Waals surface area contributed by atoms with Gasteiger partial charge in [-0.3, -0.25) is 0 Å². The molecule has 3 heterocycles. The van der Waals surface area contributed by atoms with Crippen molar-refractivity contribution >= 4 is 79.4 Å². The molecule has 6 aromatic carbocycles. The summed E-state index contributed by atoms with van der Waals surface area (Å²) >= 11 is 3.50. The SMILES string of the molecule is Brc1ccc(-n2c3ccccc3c3ccccc32)cc1.C1CCOC1.COB(OC)OC.OB(O)c1ccc(-n2c3ccccc3c3ccccc32)cc1.[CH2-]CCC.[Li+]. The number of aromatic nitrogens is 2. The summed E-state index contributed by atoms with van der Waals surface area (Å²) in [5, 5.41) is 23.5. The molecule has 0 aliphatic carbocycles. The van der Waals surface area contributed by atoms with E-state index < -0.39 is 14.4 Å². The van der Waals surface area contributed by atoms with Crippen molar-refractivity contribution in [3.05, 3.63) is 157 Å². The van der Waals surface area contributed by atoms with E-state index in [1.54, 1.807) is 12.1 Å². The van der Waals surface area contributed by atoms with Crippen LogP contribution in [0.1, 0.15) is 32.6 Å². The molecule has 1 aliphatic rings. The van der Waals surface area contributed by atoms with Crippen LogP contribution in [-0.4, -0.2) is 68.2 Å². The molecular formula is C47H52B2BrLiN2O6. The van der Waals surface area contributed by atoms with E-state index in [1.165, 1.54) is 78.9 Å². The average Bonchev–Trinajstić information content (AvgIpc) is 4.04. The molecule has 0 unspecified atom stereocenters. The van der Waals surface area contributed by atoms with Crippen LogP contribution in [0.15, 0.2) is 150 Å². The summed E-state index contributed by atoms with van der Waals surface area (Å²) in [6.45, 7) is 7.72. The van der Waals surface area contributed by atoms with Gasteiger partial charge in [-0.05, 0) is 79.0 Å². The average molecular weight is 849 g/mol. The van der Waals surface area contributed by atoms with Gasteiger partial charge in [0.15, 0.2) is 0 Å². The van der Waals surface area contributed by atoms with Crippen molar-refractivity contribution < 1.29 is 47.6 Å². The number of rotatable bonds is 7. The van der Waals surface area contributed by atoms with E-state index in [1.807, 2.05) is 36.4 Å². The summed E-state index contributed by atoms with van der Waals surface area (Å²) in [5.41, 5.74) is 7.45. The fourth-order valence-corrected chi connectivity index (χ4v) is 6.85. The Kier molecular flexibility index (Phi) is 20.0. The van der Waals surface area contributed by atoms with Crippen LogP contribution in [0.4, 0.5) is 0 Å². The zero-order valence-electron chi connectivity index (χ0n) is 34.8. The molecular weight excluding hydrogens is 797 g/mol. The van der Waals surface area contributed by atoms with Gasteiger partial charge in [0.2, 0.25) is 0 Å². The Morgan fingerprint density at radius 2 is 0.898 bits per heavy atom. The third-order valence-electron chi connectivity index (χ3n) is 9.45. The summed E-state index contributed by atoms with van der Waals surface area (Å²) in [4.78, 5) is 0. The van der Waals surface area contributed by atoms with Crippen LogP contribution in [0.5, 0.6) is 0 Å². The predicted octanol–water partition coefficient (Wildman–Crippen LogP) is 7.34. The second-order valence-corrected chi connectivity index (χ2v) is 14.3. The van der Waals surface area contributed by atoms with Crippen molar-refractivity contribution in [2.45, 2.75) is 32.6 Å².